The van der Waals surface area contributed by atoms with Crippen LogP contribution in [0.2, 0.25) is 0 Å². The molecular weight excluding hydrogens is 260 g/mol. The molecule has 0 aromatic rings. The molecule has 2 rings (SSSR count). The van der Waals surface area contributed by atoms with Gasteiger partial charge in [0.25, 0.3) is 0 Å². The highest BCUT2D eigenvalue weighted by Crippen LogP contribution is 2.28. The molecule has 0 aromatic heterocycles. The molecule has 1 unspecified atom stereocenters. The normalized spacial score (nSPS) is 22.6. The molecule has 1 saturated heterocycles. The summed E-state index contributed by atoms with van der Waals surface area (Å²) < 4.78 is 5.51. The van der Waals surface area contributed by atoms with Crippen molar-refractivity contribution in [3.63, 3.8) is 0 Å². The fraction of sp³-hybridized carbons (Fsp3) is 0.857. The summed E-state index contributed by atoms with van der Waals surface area (Å²) in [7, 11) is 1.70. The monoisotopic (exact) mass is 284 g/mol. The molecule has 6 heteroatoms. The van der Waals surface area contributed by atoms with Crippen molar-refractivity contribution >= 4 is 12.0 Å². The maximum absolute atomic E-state index is 12.3. The quantitative estimate of drug-likeness (QED) is 0.749. The van der Waals surface area contributed by atoms with Crippen LogP contribution in [0, 0.1) is 5.92 Å². The molecule has 1 N–H and O–H groups in total. The number of hydrogen-bond donors (Lipinski definition) is 1. The van der Waals surface area contributed by atoms with Gasteiger partial charge in [0.1, 0.15) is 6.04 Å². The third-order valence-corrected chi connectivity index (χ3v) is 3.98. The molecule has 0 radical (unpaired) electrons. The van der Waals surface area contributed by atoms with Crippen LogP contribution in [0.5, 0.6) is 0 Å². The van der Waals surface area contributed by atoms with Crippen molar-refractivity contribution in [1.82, 2.24) is 9.80 Å². The number of ether oxygens (including phenoxy) is 1. The van der Waals surface area contributed by atoms with Crippen molar-refractivity contribution in [3.8, 4) is 0 Å². The Morgan fingerprint density at radius 2 is 2.05 bits per heavy atom. The van der Waals surface area contributed by atoms with Gasteiger partial charge in [-0.15, -0.1) is 0 Å². The van der Waals surface area contributed by atoms with E-state index >= 15 is 0 Å². The number of aliphatic carboxylic acids is 1. The number of likely N-dealkylation sites (N-methyl/N-ethyl adjacent to an activating group) is 1. The van der Waals surface area contributed by atoms with E-state index in [2.05, 4.69) is 0 Å². The minimum Gasteiger partial charge on any atom is -0.480 e. The Morgan fingerprint density at radius 3 is 2.70 bits per heavy atom. The summed E-state index contributed by atoms with van der Waals surface area (Å²) >= 11 is 0. The van der Waals surface area contributed by atoms with Gasteiger partial charge < -0.3 is 19.6 Å². The van der Waals surface area contributed by atoms with Crippen LogP contribution in [0.15, 0.2) is 0 Å². The standard InChI is InChI=1S/C14H24N2O4/c1-15(8-9-20-10-11-5-6-11)14(19)16-7-3-2-4-12(16)13(17)18/h11-12H,2-10H2,1H3,(H,17,18). The van der Waals surface area contributed by atoms with Gasteiger partial charge in [0.2, 0.25) is 0 Å². The lowest BCUT2D eigenvalue weighted by Gasteiger charge is -2.35. The summed E-state index contributed by atoms with van der Waals surface area (Å²) in [6.07, 6.45) is 4.80. The van der Waals surface area contributed by atoms with Crippen molar-refractivity contribution in [3.05, 3.63) is 0 Å². The first-order valence-corrected chi connectivity index (χ1v) is 7.42. The Morgan fingerprint density at radius 1 is 1.30 bits per heavy atom. The number of amides is 2. The van der Waals surface area contributed by atoms with Crippen molar-refractivity contribution < 1.29 is 19.4 Å². The fourth-order valence-electron chi connectivity index (χ4n) is 2.47. The average molecular weight is 284 g/mol. The zero-order valence-corrected chi connectivity index (χ0v) is 12.1. The summed E-state index contributed by atoms with van der Waals surface area (Å²) in [5.74, 6) is -0.189. The first-order chi connectivity index (χ1) is 9.59. The number of hydrogen-bond acceptors (Lipinski definition) is 3. The van der Waals surface area contributed by atoms with Gasteiger partial charge in [-0.05, 0) is 38.0 Å². The highest BCUT2D eigenvalue weighted by atomic mass is 16.5. The minimum absolute atomic E-state index is 0.202. The highest BCUT2D eigenvalue weighted by molar-refractivity contribution is 5.82. The molecule has 2 aliphatic rings. The summed E-state index contributed by atoms with van der Waals surface area (Å²) in [6, 6.07) is -0.877. The number of carboxylic acids is 1. The number of nitrogens with zero attached hydrogens (tertiary/aromatic N) is 2. The molecule has 0 bridgehead atoms. The zero-order valence-electron chi connectivity index (χ0n) is 12.1. The molecule has 1 saturated carbocycles. The van der Waals surface area contributed by atoms with Crippen LogP contribution in [-0.4, -0.2) is 66.3 Å². The number of carbonyl (C=O) groups excluding carboxylic acids is 1. The van der Waals surface area contributed by atoms with E-state index in [1.165, 1.54) is 17.7 Å². The van der Waals surface area contributed by atoms with Gasteiger partial charge in [-0.3, -0.25) is 0 Å². The van der Waals surface area contributed by atoms with Gasteiger partial charge in [-0.2, -0.15) is 0 Å². The first-order valence-electron chi connectivity index (χ1n) is 7.42. The second kappa shape index (κ2) is 6.92. The predicted molar refractivity (Wildman–Crippen MR) is 73.5 cm³/mol. The van der Waals surface area contributed by atoms with E-state index in [1.54, 1.807) is 11.9 Å². The molecule has 20 heavy (non-hydrogen) atoms. The number of rotatable bonds is 6. The van der Waals surface area contributed by atoms with E-state index in [1.807, 2.05) is 0 Å². The zero-order chi connectivity index (χ0) is 14.5. The van der Waals surface area contributed by atoms with Crippen LogP contribution >= 0.6 is 0 Å². The summed E-state index contributed by atoms with van der Waals surface area (Å²) in [4.78, 5) is 26.5. The van der Waals surface area contributed by atoms with E-state index in [-0.39, 0.29) is 6.03 Å². The van der Waals surface area contributed by atoms with Crippen LogP contribution < -0.4 is 0 Å². The Labute approximate surface area is 119 Å². The molecule has 1 aliphatic heterocycles. The van der Waals surface area contributed by atoms with E-state index < -0.39 is 12.0 Å². The number of likely N-dealkylation sites (tertiary alicyclic amines) is 1. The van der Waals surface area contributed by atoms with Crippen molar-refractivity contribution in [2.45, 2.75) is 38.1 Å². The van der Waals surface area contributed by atoms with E-state index in [0.29, 0.717) is 26.1 Å². The van der Waals surface area contributed by atoms with Crippen LogP contribution in [0.1, 0.15) is 32.1 Å². The van der Waals surface area contributed by atoms with Crippen molar-refractivity contribution in [2.24, 2.45) is 5.92 Å². The average Bonchev–Trinajstić information content (AvgIpc) is 3.26. The van der Waals surface area contributed by atoms with Crippen LogP contribution in [-0.2, 0) is 9.53 Å². The fourth-order valence-corrected chi connectivity index (χ4v) is 2.47. The molecule has 1 atom stereocenters. The Hall–Kier alpha value is -1.30. The predicted octanol–water partition coefficient (Wildman–Crippen LogP) is 1.40. The van der Waals surface area contributed by atoms with Gasteiger partial charge in [0.15, 0.2) is 0 Å². The molecule has 0 aromatic carbocycles. The van der Waals surface area contributed by atoms with Gasteiger partial charge >= 0.3 is 12.0 Å². The maximum atomic E-state index is 12.3. The lowest BCUT2D eigenvalue weighted by molar-refractivity contribution is -0.143. The number of urea groups is 1. The van der Waals surface area contributed by atoms with Crippen molar-refractivity contribution in [1.29, 1.82) is 0 Å². The van der Waals surface area contributed by atoms with Gasteiger partial charge in [-0.1, -0.05) is 0 Å². The smallest absolute Gasteiger partial charge is 0.326 e. The first kappa shape index (κ1) is 15.1. The SMILES string of the molecule is CN(CCOCC1CC1)C(=O)N1CCCCC1C(=O)O. The number of carbonyl (C=O) groups is 2. The summed E-state index contributed by atoms with van der Waals surface area (Å²) in [5.41, 5.74) is 0. The molecule has 6 nitrogen and oxygen atoms in total. The minimum atomic E-state index is -0.906. The lowest BCUT2D eigenvalue weighted by atomic mass is 10.0. The summed E-state index contributed by atoms with van der Waals surface area (Å²) in [6.45, 7) is 2.34. The second-order valence-corrected chi connectivity index (χ2v) is 5.77. The van der Waals surface area contributed by atoms with Crippen LogP contribution in [0.4, 0.5) is 4.79 Å². The highest BCUT2D eigenvalue weighted by Gasteiger charge is 2.33. The third-order valence-electron chi connectivity index (χ3n) is 3.98. The van der Waals surface area contributed by atoms with Gasteiger partial charge in [0, 0.05) is 26.7 Å². The maximum Gasteiger partial charge on any atom is 0.326 e. The molecule has 2 fully saturated rings. The van der Waals surface area contributed by atoms with E-state index in [0.717, 1.165) is 25.4 Å². The Balaban J connectivity index is 1.76. The Bertz CT molecular complexity index is 357. The van der Waals surface area contributed by atoms with E-state index in [4.69, 9.17) is 4.74 Å². The molecule has 114 valence electrons. The molecule has 2 amide bonds. The van der Waals surface area contributed by atoms with Crippen LogP contribution in [0.3, 0.4) is 0 Å². The third kappa shape index (κ3) is 4.10. The number of carboxylic acid groups (broad SMARTS) is 1. The Kier molecular flexibility index (Phi) is 5.23. The summed E-state index contributed by atoms with van der Waals surface area (Å²) in [5, 5.41) is 9.18. The van der Waals surface area contributed by atoms with Crippen LogP contribution in [0.25, 0.3) is 0 Å². The van der Waals surface area contributed by atoms with Crippen molar-refractivity contribution in [2.75, 3.05) is 33.4 Å². The topological polar surface area (TPSA) is 70.1 Å². The van der Waals surface area contributed by atoms with Gasteiger partial charge in [0.05, 0.1) is 6.61 Å². The molecule has 0 spiro atoms. The largest absolute Gasteiger partial charge is 0.480 e. The van der Waals surface area contributed by atoms with E-state index in [9.17, 15) is 14.7 Å². The van der Waals surface area contributed by atoms with Gasteiger partial charge in [-0.25, -0.2) is 9.59 Å². The second-order valence-electron chi connectivity index (χ2n) is 5.77. The molecule has 1 aliphatic carbocycles. The molecular formula is C14H24N2O4. The lowest BCUT2D eigenvalue weighted by Crippen LogP contribution is -2.52. The number of piperidine rings is 1. The molecule has 1 heterocycles.